The third kappa shape index (κ3) is 5.12. The van der Waals surface area contributed by atoms with Crippen LogP contribution in [0.25, 0.3) is 0 Å². The number of carbonyl (C=O) groups excluding carboxylic acids is 1. The fourth-order valence-electron chi connectivity index (χ4n) is 1.74. The highest BCUT2D eigenvalue weighted by molar-refractivity contribution is 7.99. The van der Waals surface area contributed by atoms with Gasteiger partial charge >= 0.3 is 6.18 Å². The lowest BCUT2D eigenvalue weighted by molar-refractivity contribution is -0.141. The van der Waals surface area contributed by atoms with Crippen LogP contribution in [0.15, 0.2) is 41.7 Å². The smallest absolute Gasteiger partial charge is 0.378 e. The van der Waals surface area contributed by atoms with Gasteiger partial charge in [0.2, 0.25) is 5.91 Å². The van der Waals surface area contributed by atoms with Gasteiger partial charge in [-0.2, -0.15) is 13.2 Å². The molecule has 9 heteroatoms. The molecule has 0 atom stereocenters. The first-order chi connectivity index (χ1) is 11.3. The van der Waals surface area contributed by atoms with Crippen LogP contribution in [0.5, 0.6) is 0 Å². The monoisotopic (exact) mass is 356 g/mol. The SMILES string of the molecule is CN(C)c1ccc(NC(=O)CSc2nccc(C(F)(F)F)n2)cc1. The van der Waals surface area contributed by atoms with Crippen molar-refractivity contribution >= 4 is 29.0 Å². The first kappa shape index (κ1) is 18.1. The molecular formula is C15H15F3N4OS. The molecule has 2 aromatic rings. The first-order valence-corrected chi connectivity index (χ1v) is 7.84. The van der Waals surface area contributed by atoms with Gasteiger partial charge in [-0.3, -0.25) is 4.79 Å². The molecule has 0 spiro atoms. The van der Waals surface area contributed by atoms with Gasteiger partial charge in [0.05, 0.1) is 5.75 Å². The van der Waals surface area contributed by atoms with Crippen molar-refractivity contribution in [2.24, 2.45) is 0 Å². The number of carbonyl (C=O) groups is 1. The molecule has 0 saturated carbocycles. The van der Waals surface area contributed by atoms with Crippen molar-refractivity contribution in [1.82, 2.24) is 9.97 Å². The van der Waals surface area contributed by atoms with E-state index < -0.39 is 11.9 Å². The van der Waals surface area contributed by atoms with Crippen LogP contribution in [0.4, 0.5) is 24.5 Å². The van der Waals surface area contributed by atoms with Crippen molar-refractivity contribution in [3.05, 3.63) is 42.2 Å². The normalized spacial score (nSPS) is 11.2. The number of alkyl halides is 3. The average molecular weight is 356 g/mol. The Bertz CT molecular complexity index is 705. The van der Waals surface area contributed by atoms with E-state index in [2.05, 4.69) is 15.3 Å². The molecule has 1 amide bonds. The number of thioether (sulfide) groups is 1. The third-order valence-electron chi connectivity index (χ3n) is 2.92. The summed E-state index contributed by atoms with van der Waals surface area (Å²) in [4.78, 5) is 20.9. The number of nitrogens with zero attached hydrogens (tertiary/aromatic N) is 3. The van der Waals surface area contributed by atoms with Crippen LogP contribution in [-0.4, -0.2) is 35.7 Å². The molecule has 0 aliphatic carbocycles. The van der Waals surface area contributed by atoms with Crippen molar-refractivity contribution in [2.75, 3.05) is 30.1 Å². The molecule has 0 radical (unpaired) electrons. The fourth-order valence-corrected chi connectivity index (χ4v) is 2.37. The molecule has 2 rings (SSSR count). The summed E-state index contributed by atoms with van der Waals surface area (Å²) in [5, 5.41) is 2.57. The molecule has 0 aliphatic heterocycles. The predicted octanol–water partition coefficient (Wildman–Crippen LogP) is 3.29. The second-order valence-electron chi connectivity index (χ2n) is 5.00. The van der Waals surface area contributed by atoms with Crippen LogP contribution >= 0.6 is 11.8 Å². The quantitative estimate of drug-likeness (QED) is 0.658. The van der Waals surface area contributed by atoms with Crippen molar-refractivity contribution in [1.29, 1.82) is 0 Å². The molecule has 1 N–H and O–H groups in total. The maximum atomic E-state index is 12.6. The minimum absolute atomic E-state index is 0.0866. The van der Waals surface area contributed by atoms with E-state index in [4.69, 9.17) is 0 Å². The van der Waals surface area contributed by atoms with E-state index in [0.29, 0.717) is 5.69 Å². The average Bonchev–Trinajstić information content (AvgIpc) is 2.53. The molecule has 5 nitrogen and oxygen atoms in total. The van der Waals surface area contributed by atoms with E-state index in [1.54, 1.807) is 12.1 Å². The summed E-state index contributed by atoms with van der Waals surface area (Å²) in [5.41, 5.74) is 0.565. The van der Waals surface area contributed by atoms with Crippen molar-refractivity contribution in [3.63, 3.8) is 0 Å². The fraction of sp³-hybridized carbons (Fsp3) is 0.267. The van der Waals surface area contributed by atoms with Crippen LogP contribution in [-0.2, 0) is 11.0 Å². The molecule has 0 bridgehead atoms. The number of aromatic nitrogens is 2. The summed E-state index contributed by atoms with van der Waals surface area (Å²) < 4.78 is 37.7. The zero-order valence-corrected chi connectivity index (χ0v) is 13.8. The minimum Gasteiger partial charge on any atom is -0.378 e. The van der Waals surface area contributed by atoms with E-state index in [9.17, 15) is 18.0 Å². The minimum atomic E-state index is -4.53. The number of nitrogens with one attached hydrogen (secondary N) is 1. The van der Waals surface area contributed by atoms with Gasteiger partial charge in [-0.05, 0) is 30.3 Å². The van der Waals surface area contributed by atoms with Crippen LogP contribution in [0.2, 0.25) is 0 Å². The summed E-state index contributed by atoms with van der Waals surface area (Å²) in [7, 11) is 3.80. The molecule has 1 aromatic carbocycles. The Hall–Kier alpha value is -2.29. The molecule has 24 heavy (non-hydrogen) atoms. The highest BCUT2D eigenvalue weighted by atomic mass is 32.2. The number of anilines is 2. The summed E-state index contributed by atoms with van der Waals surface area (Å²) >= 11 is 0.844. The lowest BCUT2D eigenvalue weighted by Gasteiger charge is -2.13. The number of benzene rings is 1. The number of rotatable bonds is 5. The standard InChI is InChI=1S/C15H15F3N4OS/c1-22(2)11-5-3-10(4-6-11)20-13(23)9-24-14-19-8-7-12(21-14)15(16,17)18/h3-8H,9H2,1-2H3,(H,20,23). The van der Waals surface area contributed by atoms with Crippen molar-refractivity contribution < 1.29 is 18.0 Å². The van der Waals surface area contributed by atoms with E-state index in [1.807, 2.05) is 31.1 Å². The Morgan fingerprint density at radius 1 is 1.21 bits per heavy atom. The second kappa shape index (κ2) is 7.52. The van der Waals surface area contributed by atoms with Gasteiger partial charge in [-0.1, -0.05) is 11.8 Å². The van der Waals surface area contributed by atoms with Gasteiger partial charge in [0.1, 0.15) is 5.69 Å². The summed E-state index contributed by atoms with van der Waals surface area (Å²) in [6.07, 6.45) is -3.51. The molecule has 1 aromatic heterocycles. The molecular weight excluding hydrogens is 341 g/mol. The topological polar surface area (TPSA) is 58.1 Å². The molecule has 0 unspecified atom stereocenters. The van der Waals surface area contributed by atoms with Crippen LogP contribution in [0.3, 0.4) is 0 Å². The summed E-state index contributed by atoms with van der Waals surface area (Å²) in [6.45, 7) is 0. The Balaban J connectivity index is 1.91. The van der Waals surface area contributed by atoms with Crippen molar-refractivity contribution in [3.8, 4) is 0 Å². The van der Waals surface area contributed by atoms with E-state index in [0.717, 1.165) is 29.7 Å². The van der Waals surface area contributed by atoms with Gasteiger partial charge in [0.25, 0.3) is 0 Å². The summed E-state index contributed by atoms with van der Waals surface area (Å²) in [6, 6.07) is 7.98. The number of halogens is 3. The van der Waals surface area contributed by atoms with Gasteiger partial charge in [-0.15, -0.1) is 0 Å². The Kier molecular flexibility index (Phi) is 5.66. The Labute approximate surface area is 141 Å². The highest BCUT2D eigenvalue weighted by Gasteiger charge is 2.32. The zero-order chi connectivity index (χ0) is 17.7. The van der Waals surface area contributed by atoms with Gasteiger partial charge < -0.3 is 10.2 Å². The predicted molar refractivity (Wildman–Crippen MR) is 87.2 cm³/mol. The maximum absolute atomic E-state index is 12.6. The van der Waals surface area contributed by atoms with Crippen LogP contribution in [0, 0.1) is 0 Å². The Morgan fingerprint density at radius 2 is 1.88 bits per heavy atom. The molecule has 0 aliphatic rings. The lowest BCUT2D eigenvalue weighted by Crippen LogP contribution is -2.15. The third-order valence-corrected chi connectivity index (χ3v) is 3.79. The van der Waals surface area contributed by atoms with Crippen molar-refractivity contribution in [2.45, 2.75) is 11.3 Å². The van der Waals surface area contributed by atoms with Gasteiger partial charge in [0.15, 0.2) is 5.16 Å². The zero-order valence-electron chi connectivity index (χ0n) is 13.0. The summed E-state index contributed by atoms with van der Waals surface area (Å²) in [5.74, 6) is -0.435. The van der Waals surface area contributed by atoms with Crippen LogP contribution < -0.4 is 10.2 Å². The second-order valence-corrected chi connectivity index (χ2v) is 5.94. The van der Waals surface area contributed by atoms with E-state index in [1.165, 1.54) is 0 Å². The number of amides is 1. The highest BCUT2D eigenvalue weighted by Crippen LogP contribution is 2.28. The molecule has 0 saturated heterocycles. The van der Waals surface area contributed by atoms with Gasteiger partial charge in [0, 0.05) is 31.7 Å². The largest absolute Gasteiger partial charge is 0.433 e. The number of hydrogen-bond donors (Lipinski definition) is 1. The van der Waals surface area contributed by atoms with E-state index >= 15 is 0 Å². The first-order valence-electron chi connectivity index (χ1n) is 6.86. The Morgan fingerprint density at radius 3 is 2.46 bits per heavy atom. The van der Waals surface area contributed by atoms with E-state index in [-0.39, 0.29) is 16.8 Å². The maximum Gasteiger partial charge on any atom is 0.433 e. The molecule has 1 heterocycles. The number of hydrogen-bond acceptors (Lipinski definition) is 5. The molecule has 128 valence electrons. The molecule has 0 fully saturated rings. The lowest BCUT2D eigenvalue weighted by atomic mass is 10.2. The van der Waals surface area contributed by atoms with Gasteiger partial charge in [-0.25, -0.2) is 9.97 Å². The van der Waals surface area contributed by atoms with Crippen LogP contribution in [0.1, 0.15) is 5.69 Å².